The minimum atomic E-state index is 0.0685. The number of hydrogen-bond donors (Lipinski definition) is 1. The predicted molar refractivity (Wildman–Crippen MR) is 166 cm³/mol. The van der Waals surface area contributed by atoms with Crippen molar-refractivity contribution in [2.24, 2.45) is 17.3 Å². The lowest BCUT2D eigenvalue weighted by Crippen LogP contribution is -2.60. The SMILES string of the molecule is CCN[C@@H]1CCN(C(=O)N2CC[C@@H](Cn3ccc(-c4ccccc4)cc3=O)C3(CCCC3)C2)[C@H](C2C=CC=CC2)C1. The van der Waals surface area contributed by atoms with Crippen molar-refractivity contribution in [3.63, 3.8) is 0 Å². The van der Waals surface area contributed by atoms with Gasteiger partial charge in [-0.2, -0.15) is 0 Å². The third-order valence-corrected chi connectivity index (χ3v) is 10.4. The molecule has 6 nitrogen and oxygen atoms in total. The van der Waals surface area contributed by atoms with Crippen LogP contribution in [-0.2, 0) is 6.54 Å². The highest BCUT2D eigenvalue weighted by molar-refractivity contribution is 5.75. The van der Waals surface area contributed by atoms with Gasteiger partial charge in [0.1, 0.15) is 0 Å². The molecule has 4 atom stereocenters. The molecule has 4 aliphatic rings. The van der Waals surface area contributed by atoms with E-state index in [0.717, 1.165) is 82.4 Å². The van der Waals surface area contributed by atoms with Crippen molar-refractivity contribution in [1.29, 1.82) is 0 Å². The smallest absolute Gasteiger partial charge is 0.320 e. The molecule has 2 aromatic rings. The molecule has 6 rings (SSSR count). The number of urea groups is 1. The number of aromatic nitrogens is 1. The standard InChI is InChI=1S/C35H46N4O2/c1-2-36-31-17-22-39(32(24-31)28-13-7-4-8-14-28)34(41)38-21-16-30(35(26-38)18-9-10-19-35)25-37-20-15-29(23-33(37)40)27-11-5-3-6-12-27/h3-8,11-13,15,20,23,28,30-32,36H,2,9-10,14,16-19,21-22,24-26H2,1H3/t28?,30-,31+,32-/m0/s1. The molecule has 1 aromatic heterocycles. The van der Waals surface area contributed by atoms with E-state index in [0.29, 0.717) is 17.9 Å². The maximum Gasteiger partial charge on any atom is 0.320 e. The van der Waals surface area contributed by atoms with Gasteiger partial charge in [0.15, 0.2) is 0 Å². The van der Waals surface area contributed by atoms with Crippen molar-refractivity contribution in [2.75, 3.05) is 26.2 Å². The first-order valence-corrected chi connectivity index (χ1v) is 15.9. The number of nitrogens with one attached hydrogen (secondary N) is 1. The normalized spacial score (nSPS) is 27.4. The summed E-state index contributed by atoms with van der Waals surface area (Å²) in [5, 5.41) is 3.66. The van der Waals surface area contributed by atoms with Crippen LogP contribution in [0.25, 0.3) is 11.1 Å². The molecule has 1 spiro atoms. The zero-order chi connectivity index (χ0) is 28.2. The number of allylic oxidation sites excluding steroid dienone is 3. The van der Waals surface area contributed by atoms with E-state index in [2.05, 4.69) is 52.4 Å². The van der Waals surface area contributed by atoms with Crippen LogP contribution in [0, 0.1) is 17.3 Å². The van der Waals surface area contributed by atoms with Crippen molar-refractivity contribution in [3.8, 4) is 11.1 Å². The third kappa shape index (κ3) is 5.94. The fraction of sp³-hybridized carbons (Fsp3) is 0.543. The number of likely N-dealkylation sites (tertiary alicyclic amines) is 2. The number of piperidine rings is 2. The van der Waals surface area contributed by atoms with Gasteiger partial charge in [0.25, 0.3) is 5.56 Å². The lowest BCUT2D eigenvalue weighted by Gasteiger charge is -2.50. The topological polar surface area (TPSA) is 57.6 Å². The summed E-state index contributed by atoms with van der Waals surface area (Å²) in [5.74, 6) is 0.796. The summed E-state index contributed by atoms with van der Waals surface area (Å²) in [6.07, 6.45) is 19.6. The summed E-state index contributed by atoms with van der Waals surface area (Å²) in [6.45, 7) is 6.32. The van der Waals surface area contributed by atoms with E-state index in [1.165, 1.54) is 12.8 Å². The van der Waals surface area contributed by atoms with E-state index >= 15 is 0 Å². The number of carbonyl (C=O) groups excluding carboxylic acids is 1. The van der Waals surface area contributed by atoms with Crippen LogP contribution in [0.3, 0.4) is 0 Å². The molecule has 1 saturated carbocycles. The number of carbonyl (C=O) groups is 1. The van der Waals surface area contributed by atoms with Gasteiger partial charge in [-0.1, -0.05) is 74.4 Å². The Bertz CT molecular complexity index is 1310. The maximum absolute atomic E-state index is 14.2. The monoisotopic (exact) mass is 554 g/mol. The van der Waals surface area contributed by atoms with Crippen molar-refractivity contribution in [3.05, 3.63) is 83.3 Å². The van der Waals surface area contributed by atoms with Crippen LogP contribution in [-0.4, -0.2) is 58.7 Å². The Morgan fingerprint density at radius 1 is 1.02 bits per heavy atom. The Morgan fingerprint density at radius 3 is 2.59 bits per heavy atom. The number of amides is 2. The van der Waals surface area contributed by atoms with Crippen LogP contribution >= 0.6 is 0 Å². The first-order chi connectivity index (χ1) is 20.1. The number of hydrogen-bond acceptors (Lipinski definition) is 3. The van der Waals surface area contributed by atoms with Gasteiger partial charge < -0.3 is 19.7 Å². The van der Waals surface area contributed by atoms with Crippen molar-refractivity contribution in [2.45, 2.75) is 76.9 Å². The third-order valence-electron chi connectivity index (χ3n) is 10.4. The van der Waals surface area contributed by atoms with E-state index in [1.807, 2.05) is 41.1 Å². The predicted octanol–water partition coefficient (Wildman–Crippen LogP) is 6.09. The minimum absolute atomic E-state index is 0.0685. The average molecular weight is 555 g/mol. The summed E-state index contributed by atoms with van der Waals surface area (Å²) < 4.78 is 1.92. The van der Waals surface area contributed by atoms with E-state index in [1.54, 1.807) is 6.07 Å². The van der Waals surface area contributed by atoms with Crippen molar-refractivity contribution >= 4 is 6.03 Å². The van der Waals surface area contributed by atoms with Crippen molar-refractivity contribution < 1.29 is 4.79 Å². The molecule has 1 N–H and O–H groups in total. The van der Waals surface area contributed by atoms with Gasteiger partial charge >= 0.3 is 6.03 Å². The lowest BCUT2D eigenvalue weighted by atomic mass is 9.69. The molecular formula is C35H46N4O2. The van der Waals surface area contributed by atoms with Crippen molar-refractivity contribution in [1.82, 2.24) is 19.7 Å². The first-order valence-electron chi connectivity index (χ1n) is 15.9. The molecule has 41 heavy (non-hydrogen) atoms. The van der Waals surface area contributed by atoms with Crippen LogP contribution < -0.4 is 10.9 Å². The highest BCUT2D eigenvalue weighted by atomic mass is 16.2. The summed E-state index contributed by atoms with van der Waals surface area (Å²) in [5.41, 5.74) is 2.22. The molecule has 2 saturated heterocycles. The Hall–Kier alpha value is -3.12. The summed E-state index contributed by atoms with van der Waals surface area (Å²) >= 11 is 0. The second-order valence-corrected chi connectivity index (χ2v) is 12.8. The van der Waals surface area contributed by atoms with E-state index < -0.39 is 0 Å². The van der Waals surface area contributed by atoms with Gasteiger partial charge in [0, 0.05) is 56.4 Å². The largest absolute Gasteiger partial charge is 0.324 e. The number of nitrogens with zero attached hydrogens (tertiary/aromatic N) is 3. The number of pyridine rings is 1. The number of rotatable bonds is 6. The molecule has 218 valence electrons. The van der Waals surface area contributed by atoms with E-state index in [9.17, 15) is 9.59 Å². The maximum atomic E-state index is 14.2. The Kier molecular flexibility index (Phi) is 8.47. The Morgan fingerprint density at radius 2 is 1.85 bits per heavy atom. The molecule has 3 fully saturated rings. The molecule has 0 bridgehead atoms. The van der Waals surface area contributed by atoms with Gasteiger partial charge in [0.05, 0.1) is 0 Å². The van der Waals surface area contributed by atoms with E-state index in [-0.39, 0.29) is 23.0 Å². The van der Waals surface area contributed by atoms with E-state index in [4.69, 9.17) is 0 Å². The molecule has 1 aromatic carbocycles. The summed E-state index contributed by atoms with van der Waals surface area (Å²) in [6, 6.07) is 14.9. The average Bonchev–Trinajstić information content (AvgIpc) is 3.48. The van der Waals surface area contributed by atoms with Gasteiger partial charge in [-0.25, -0.2) is 4.79 Å². The van der Waals surface area contributed by atoms with Gasteiger partial charge in [-0.3, -0.25) is 4.79 Å². The lowest BCUT2D eigenvalue weighted by molar-refractivity contribution is 0.0176. The fourth-order valence-electron chi connectivity index (χ4n) is 8.19. The molecule has 3 heterocycles. The molecule has 2 aliphatic carbocycles. The highest BCUT2D eigenvalue weighted by Crippen LogP contribution is 2.49. The summed E-state index contributed by atoms with van der Waals surface area (Å²) in [7, 11) is 0. The quantitative estimate of drug-likeness (QED) is 0.470. The van der Waals surface area contributed by atoms with Gasteiger partial charge in [0.2, 0.25) is 0 Å². The second-order valence-electron chi connectivity index (χ2n) is 12.8. The van der Waals surface area contributed by atoms with Crippen LogP contribution in [0.1, 0.15) is 58.3 Å². The Balaban J connectivity index is 1.17. The molecule has 6 heteroatoms. The van der Waals surface area contributed by atoms with Crippen LogP contribution in [0.15, 0.2) is 77.8 Å². The minimum Gasteiger partial charge on any atom is -0.324 e. The molecule has 0 radical (unpaired) electrons. The second kappa shape index (κ2) is 12.4. The molecule has 1 unspecified atom stereocenters. The Labute approximate surface area is 245 Å². The highest BCUT2D eigenvalue weighted by Gasteiger charge is 2.48. The number of benzene rings is 1. The fourth-order valence-corrected chi connectivity index (χ4v) is 8.19. The van der Waals surface area contributed by atoms with Crippen LogP contribution in [0.5, 0.6) is 0 Å². The van der Waals surface area contributed by atoms with Crippen LogP contribution in [0.2, 0.25) is 0 Å². The van der Waals surface area contributed by atoms with Gasteiger partial charge in [-0.15, -0.1) is 0 Å². The molecule has 2 amide bonds. The summed E-state index contributed by atoms with van der Waals surface area (Å²) in [4.78, 5) is 31.8. The van der Waals surface area contributed by atoms with Gasteiger partial charge in [-0.05, 0) is 73.6 Å². The first kappa shape index (κ1) is 28.0. The molecule has 2 aliphatic heterocycles. The zero-order valence-corrected chi connectivity index (χ0v) is 24.6. The van der Waals surface area contributed by atoms with Crippen LogP contribution in [0.4, 0.5) is 4.79 Å². The molecular weight excluding hydrogens is 508 g/mol. The zero-order valence-electron chi connectivity index (χ0n) is 24.6.